The van der Waals surface area contributed by atoms with E-state index in [4.69, 9.17) is 23.7 Å². The van der Waals surface area contributed by atoms with Crippen LogP contribution in [0.4, 0.5) is 24.8 Å². The number of hydrogen-bond acceptors (Lipinski definition) is 17. The summed E-state index contributed by atoms with van der Waals surface area (Å²) in [5, 5.41) is 10.2. The summed E-state index contributed by atoms with van der Waals surface area (Å²) < 4.78 is 70.8. The summed E-state index contributed by atoms with van der Waals surface area (Å²) in [4.78, 5) is 133. The average Bonchev–Trinajstić information content (AvgIpc) is 0.878. The number of unbranched alkanes of at least 4 members (excludes halogenated alkanes) is 2. The molecule has 3 atom stereocenters. The third-order valence-electron chi connectivity index (χ3n) is 14.8. The van der Waals surface area contributed by atoms with Gasteiger partial charge in [-0.05, 0) is 84.5 Å². The summed E-state index contributed by atoms with van der Waals surface area (Å²) in [6, 6.07) is 27.1. The Morgan fingerprint density at radius 1 is 0.767 bits per heavy atom. The van der Waals surface area contributed by atoms with Gasteiger partial charge in [0.1, 0.15) is 29.2 Å². The standard InChI is InChI=1S/C63H71F3N10O14/c1-38(2)56(81)73-61-72-55-54(58(83)74-61)70-43(34-69-55)35-76(60(85)63(64,65)66)44-22-16-39(17-23-44)57(82)71-49(59(84)88-6)28-29-51(78)68-32-12-8-11-15-52(79)75-36-48(90-53(80)31-30-50(77)67-3)33-45(75)37-89-62(40-13-9-7-10-14-40,41-18-24-46(86-4)25-19-41)42-20-26-47(87-5)27-21-42/h7,9-10,13-14,16-27,34,38,45,48-49H,8,11-12,15,28-33,35-37H2,1-6H3,(H,67,77)(H,68,78)(H,71,82)(H2,69,72,73,74,81,83)/t45-,48+,49+/m0/s1. The van der Waals surface area contributed by atoms with Crippen LogP contribution in [0, 0.1) is 5.92 Å². The number of H-pyrrole nitrogens is 1. The number of benzene rings is 4. The molecular formula is C63H71F3N10O14. The van der Waals surface area contributed by atoms with E-state index in [9.17, 15) is 56.3 Å². The zero-order chi connectivity index (χ0) is 65.1. The summed E-state index contributed by atoms with van der Waals surface area (Å²) in [6.07, 6.45) is -3.93. The summed E-state index contributed by atoms with van der Waals surface area (Å²) in [5.41, 5.74) is -1.04. The number of alkyl halides is 3. The predicted octanol–water partition coefficient (Wildman–Crippen LogP) is 6.20. The molecule has 3 heterocycles. The first-order valence-corrected chi connectivity index (χ1v) is 29.0. The molecule has 1 saturated heterocycles. The number of nitrogens with one attached hydrogen (secondary N) is 5. The van der Waals surface area contributed by atoms with Crippen molar-refractivity contribution in [2.45, 2.75) is 108 Å². The van der Waals surface area contributed by atoms with E-state index in [2.05, 4.69) is 41.2 Å². The van der Waals surface area contributed by atoms with Crippen molar-refractivity contribution in [2.75, 3.05) is 58.3 Å². The highest BCUT2D eigenvalue weighted by atomic mass is 19.4. The number of fused-ring (bicyclic) bond motifs is 1. The maximum absolute atomic E-state index is 14.2. The van der Waals surface area contributed by atoms with Crippen LogP contribution < -0.4 is 41.2 Å². The molecule has 4 aromatic carbocycles. The van der Waals surface area contributed by atoms with Gasteiger partial charge in [-0.25, -0.2) is 14.8 Å². The highest BCUT2D eigenvalue weighted by molar-refractivity contribution is 6.00. The second-order valence-electron chi connectivity index (χ2n) is 21.3. The molecule has 0 unspecified atom stereocenters. The maximum Gasteiger partial charge on any atom is 0.471 e. The highest BCUT2D eigenvalue weighted by Gasteiger charge is 2.45. The molecule has 24 nitrogen and oxygen atoms in total. The van der Waals surface area contributed by atoms with Crippen LogP contribution in [0.2, 0.25) is 0 Å². The normalized spacial score (nSPS) is 14.3. The third-order valence-corrected chi connectivity index (χ3v) is 14.8. The van der Waals surface area contributed by atoms with Gasteiger partial charge in [0.2, 0.25) is 29.6 Å². The number of ether oxygens (including phenoxy) is 5. The van der Waals surface area contributed by atoms with Gasteiger partial charge in [-0.3, -0.25) is 53.6 Å². The van der Waals surface area contributed by atoms with E-state index in [1.54, 1.807) is 33.0 Å². The molecule has 27 heteroatoms. The average molecular weight is 1250 g/mol. The molecule has 1 fully saturated rings. The lowest BCUT2D eigenvalue weighted by molar-refractivity contribution is -0.170. The number of hydrogen-bond donors (Lipinski definition) is 5. The molecule has 0 bridgehead atoms. The summed E-state index contributed by atoms with van der Waals surface area (Å²) >= 11 is 0. The molecule has 6 amide bonds. The number of esters is 2. The monoisotopic (exact) mass is 1250 g/mol. The topological polar surface area (TPSA) is 309 Å². The lowest BCUT2D eigenvalue weighted by atomic mass is 9.80. The number of amides is 6. The SMILES string of the molecule is CNC(=O)CCC(=O)O[C@@H]1C[C@@H](COC(c2ccccc2)(c2ccc(OC)cc2)c2ccc(OC)cc2)N(C(=O)CCCCCNC(=O)CC[C@@H](NC(=O)c2ccc(N(Cc3cnc4nc(NC(=O)C(C)C)[nH]c(=O)c4n3)C(=O)C(F)(F)F)cc2)C(=O)OC)C1. The minimum absolute atomic E-state index is 0.0166. The zero-order valence-electron chi connectivity index (χ0n) is 50.5. The van der Waals surface area contributed by atoms with Crippen molar-refractivity contribution in [1.82, 2.24) is 40.8 Å². The first-order valence-electron chi connectivity index (χ1n) is 29.0. The van der Waals surface area contributed by atoms with Gasteiger partial charge in [0.05, 0.1) is 65.4 Å². The molecule has 7 rings (SSSR count). The second-order valence-corrected chi connectivity index (χ2v) is 21.3. The number of carbonyl (C=O) groups excluding carboxylic acids is 8. The zero-order valence-corrected chi connectivity index (χ0v) is 50.5. The molecular weight excluding hydrogens is 1180 g/mol. The minimum Gasteiger partial charge on any atom is -0.497 e. The number of carbonyl (C=O) groups is 8. The summed E-state index contributed by atoms with van der Waals surface area (Å²) in [5.74, 6) is -5.49. The first kappa shape index (κ1) is 67.7. The Morgan fingerprint density at radius 2 is 1.41 bits per heavy atom. The van der Waals surface area contributed by atoms with E-state index in [1.807, 2.05) is 78.9 Å². The Bertz CT molecular complexity index is 3510. The van der Waals surface area contributed by atoms with Crippen molar-refractivity contribution in [3.63, 3.8) is 0 Å². The lowest BCUT2D eigenvalue weighted by Crippen LogP contribution is -2.42. The Kier molecular flexibility index (Phi) is 23.6. The molecule has 6 aromatic rings. The molecule has 0 saturated carbocycles. The molecule has 1 aliphatic rings. The molecule has 2 aromatic heterocycles. The number of aromatic amines is 1. The number of rotatable bonds is 29. The molecule has 0 radical (unpaired) electrons. The van der Waals surface area contributed by atoms with E-state index in [-0.39, 0.29) is 104 Å². The Morgan fingerprint density at radius 3 is 2.01 bits per heavy atom. The molecule has 90 heavy (non-hydrogen) atoms. The fourth-order valence-corrected chi connectivity index (χ4v) is 9.99. The van der Waals surface area contributed by atoms with Crippen LogP contribution in [0.3, 0.4) is 0 Å². The van der Waals surface area contributed by atoms with Crippen LogP contribution in [0.1, 0.15) is 104 Å². The number of anilines is 2. The van der Waals surface area contributed by atoms with Crippen LogP contribution >= 0.6 is 0 Å². The van der Waals surface area contributed by atoms with Gasteiger partial charge in [-0.1, -0.05) is 74.9 Å². The molecule has 1 aliphatic heterocycles. The highest BCUT2D eigenvalue weighted by Crippen LogP contribution is 2.43. The Labute approximate surface area is 515 Å². The number of methoxy groups -OCH3 is 3. The molecule has 0 aliphatic carbocycles. The van der Waals surface area contributed by atoms with Crippen molar-refractivity contribution in [3.05, 3.63) is 148 Å². The van der Waals surface area contributed by atoms with Crippen LogP contribution in [0.25, 0.3) is 11.2 Å². The van der Waals surface area contributed by atoms with Crippen molar-refractivity contribution >= 4 is 70.2 Å². The number of nitrogens with zero attached hydrogens (tertiary/aromatic N) is 5. The number of halogens is 3. The van der Waals surface area contributed by atoms with Gasteiger partial charge in [0, 0.05) is 56.4 Å². The van der Waals surface area contributed by atoms with E-state index < -0.39 is 83.6 Å². The van der Waals surface area contributed by atoms with Crippen molar-refractivity contribution in [3.8, 4) is 11.5 Å². The van der Waals surface area contributed by atoms with Gasteiger partial charge >= 0.3 is 24.0 Å². The fraction of sp³-hybridized carbons (Fsp3) is 0.397. The van der Waals surface area contributed by atoms with Crippen molar-refractivity contribution < 1.29 is 75.2 Å². The number of aromatic nitrogens is 4. The minimum atomic E-state index is -5.37. The summed E-state index contributed by atoms with van der Waals surface area (Å²) in [7, 11) is 5.71. The van der Waals surface area contributed by atoms with Gasteiger partial charge in [0.15, 0.2) is 11.2 Å². The fourth-order valence-electron chi connectivity index (χ4n) is 9.99. The van der Waals surface area contributed by atoms with E-state index in [0.29, 0.717) is 35.7 Å². The van der Waals surface area contributed by atoms with Crippen molar-refractivity contribution in [1.29, 1.82) is 0 Å². The van der Waals surface area contributed by atoms with Gasteiger partial charge in [0.25, 0.3) is 11.5 Å². The van der Waals surface area contributed by atoms with Crippen LogP contribution in [0.15, 0.2) is 114 Å². The van der Waals surface area contributed by atoms with Gasteiger partial charge in [-0.2, -0.15) is 18.2 Å². The third kappa shape index (κ3) is 17.7. The first-order chi connectivity index (χ1) is 43.1. The summed E-state index contributed by atoms with van der Waals surface area (Å²) in [6.45, 7) is 2.70. The predicted molar refractivity (Wildman–Crippen MR) is 321 cm³/mol. The quantitative estimate of drug-likeness (QED) is 0.0198. The van der Waals surface area contributed by atoms with Crippen LogP contribution in [-0.4, -0.2) is 145 Å². The van der Waals surface area contributed by atoms with E-state index in [1.165, 1.54) is 7.05 Å². The smallest absolute Gasteiger partial charge is 0.471 e. The number of likely N-dealkylation sites (tertiary alicyclic amines) is 1. The molecule has 478 valence electrons. The van der Waals surface area contributed by atoms with Gasteiger partial charge in [-0.15, -0.1) is 0 Å². The molecule has 5 N–H and O–H groups in total. The van der Waals surface area contributed by atoms with Crippen molar-refractivity contribution in [2.24, 2.45) is 5.92 Å². The molecule has 0 spiro atoms. The second kappa shape index (κ2) is 31.4. The Balaban J connectivity index is 0.941. The van der Waals surface area contributed by atoms with Crippen LogP contribution in [0.5, 0.6) is 11.5 Å². The lowest BCUT2D eigenvalue weighted by Gasteiger charge is -2.38. The largest absolute Gasteiger partial charge is 0.497 e. The Hall–Kier alpha value is -9.79. The van der Waals surface area contributed by atoms with Crippen LogP contribution in [-0.2, 0) is 59.9 Å². The van der Waals surface area contributed by atoms with E-state index >= 15 is 0 Å². The maximum atomic E-state index is 14.2. The van der Waals surface area contributed by atoms with Gasteiger partial charge < -0.3 is 44.5 Å². The van der Waals surface area contributed by atoms with E-state index in [0.717, 1.165) is 54.3 Å².